The standard InChI is InChI=1S/C20H20Cl2N2/c1-13(2)24-20-12-23-19-9-7-14(10-16(19)20)4-3-5-15-6-8-17(21)18(22)11-15/h6-12,23-24H,1,3-5H2,2H3. The molecule has 3 aromatic rings. The zero-order valence-electron chi connectivity index (χ0n) is 13.6. The van der Waals surface area contributed by atoms with E-state index in [9.17, 15) is 0 Å². The quantitative estimate of drug-likeness (QED) is 0.510. The Balaban J connectivity index is 1.68. The van der Waals surface area contributed by atoms with E-state index in [0.717, 1.165) is 36.2 Å². The lowest BCUT2D eigenvalue weighted by Crippen LogP contribution is -1.93. The summed E-state index contributed by atoms with van der Waals surface area (Å²) in [5, 5.41) is 5.73. The number of rotatable bonds is 6. The Morgan fingerprint density at radius 1 is 1.04 bits per heavy atom. The first-order valence-corrected chi connectivity index (χ1v) is 8.75. The first kappa shape index (κ1) is 16.9. The Hall–Kier alpha value is -1.90. The van der Waals surface area contributed by atoms with Gasteiger partial charge in [0.2, 0.25) is 0 Å². The predicted molar refractivity (Wildman–Crippen MR) is 105 cm³/mol. The Morgan fingerprint density at radius 2 is 1.75 bits per heavy atom. The molecule has 0 spiro atoms. The van der Waals surface area contributed by atoms with Crippen molar-refractivity contribution in [3.8, 4) is 0 Å². The third kappa shape index (κ3) is 3.95. The van der Waals surface area contributed by atoms with Crippen LogP contribution >= 0.6 is 23.2 Å². The summed E-state index contributed by atoms with van der Waals surface area (Å²) in [6, 6.07) is 12.4. The van der Waals surface area contributed by atoms with Gasteiger partial charge in [-0.25, -0.2) is 0 Å². The zero-order valence-corrected chi connectivity index (χ0v) is 15.1. The van der Waals surface area contributed by atoms with Crippen molar-refractivity contribution in [1.82, 2.24) is 4.98 Å². The fraction of sp³-hybridized carbons (Fsp3) is 0.200. The van der Waals surface area contributed by atoms with Crippen molar-refractivity contribution in [2.45, 2.75) is 26.2 Å². The number of aryl methyl sites for hydroxylation is 2. The SMILES string of the molecule is C=C(C)Nc1c[nH]c2ccc(CCCc3ccc(Cl)c(Cl)c3)cc12. The van der Waals surface area contributed by atoms with E-state index in [1.165, 1.54) is 16.5 Å². The van der Waals surface area contributed by atoms with Gasteiger partial charge in [0.05, 0.1) is 15.7 Å². The van der Waals surface area contributed by atoms with E-state index in [1.54, 1.807) is 0 Å². The summed E-state index contributed by atoms with van der Waals surface area (Å²) in [6.07, 6.45) is 5.06. The molecule has 1 heterocycles. The van der Waals surface area contributed by atoms with Crippen LogP contribution in [0.15, 0.2) is 54.9 Å². The molecule has 0 saturated carbocycles. The number of halogens is 2. The second kappa shape index (κ2) is 7.33. The average molecular weight is 359 g/mol. The molecule has 0 amide bonds. The lowest BCUT2D eigenvalue weighted by atomic mass is 10.0. The van der Waals surface area contributed by atoms with Gasteiger partial charge >= 0.3 is 0 Å². The van der Waals surface area contributed by atoms with Crippen LogP contribution in [0.2, 0.25) is 10.0 Å². The highest BCUT2D eigenvalue weighted by Crippen LogP contribution is 2.26. The largest absolute Gasteiger partial charge is 0.359 e. The molecule has 0 unspecified atom stereocenters. The van der Waals surface area contributed by atoms with Crippen LogP contribution in [0.1, 0.15) is 24.5 Å². The monoisotopic (exact) mass is 358 g/mol. The normalized spacial score (nSPS) is 11.0. The number of H-pyrrole nitrogens is 1. The molecular weight excluding hydrogens is 339 g/mol. The maximum atomic E-state index is 6.07. The van der Waals surface area contributed by atoms with Crippen molar-refractivity contribution in [3.63, 3.8) is 0 Å². The van der Waals surface area contributed by atoms with Gasteiger partial charge in [0, 0.05) is 22.8 Å². The van der Waals surface area contributed by atoms with Crippen LogP contribution in [0.25, 0.3) is 10.9 Å². The number of benzene rings is 2. The minimum atomic E-state index is 0.607. The summed E-state index contributed by atoms with van der Waals surface area (Å²) >= 11 is 12.0. The Morgan fingerprint density at radius 3 is 2.46 bits per heavy atom. The molecule has 1 aromatic heterocycles. The highest BCUT2D eigenvalue weighted by molar-refractivity contribution is 6.42. The van der Waals surface area contributed by atoms with Crippen molar-refractivity contribution >= 4 is 39.8 Å². The molecule has 0 aliphatic heterocycles. The van der Waals surface area contributed by atoms with Crippen molar-refractivity contribution < 1.29 is 0 Å². The Kier molecular flexibility index (Phi) is 5.17. The first-order valence-electron chi connectivity index (χ1n) is 7.99. The van der Waals surface area contributed by atoms with Gasteiger partial charge in [-0.05, 0) is 61.6 Å². The summed E-state index contributed by atoms with van der Waals surface area (Å²) in [6.45, 7) is 5.87. The fourth-order valence-electron chi connectivity index (χ4n) is 2.85. The van der Waals surface area contributed by atoms with E-state index < -0.39 is 0 Å². The molecule has 3 rings (SSSR count). The molecule has 0 bridgehead atoms. The summed E-state index contributed by atoms with van der Waals surface area (Å²) in [4.78, 5) is 3.28. The number of aromatic nitrogens is 1. The van der Waals surface area contributed by atoms with Gasteiger partial charge in [0.25, 0.3) is 0 Å². The van der Waals surface area contributed by atoms with Gasteiger partial charge in [-0.1, -0.05) is 41.9 Å². The van der Waals surface area contributed by atoms with Gasteiger partial charge in [0.15, 0.2) is 0 Å². The van der Waals surface area contributed by atoms with E-state index in [-0.39, 0.29) is 0 Å². The maximum absolute atomic E-state index is 6.07. The minimum Gasteiger partial charge on any atom is -0.359 e. The van der Waals surface area contributed by atoms with Crippen LogP contribution in [0.5, 0.6) is 0 Å². The van der Waals surface area contributed by atoms with Gasteiger partial charge in [-0.2, -0.15) is 0 Å². The van der Waals surface area contributed by atoms with E-state index in [4.69, 9.17) is 23.2 Å². The lowest BCUT2D eigenvalue weighted by molar-refractivity contribution is 0.821. The Labute approximate surface area is 152 Å². The average Bonchev–Trinajstić information content (AvgIpc) is 2.93. The molecular formula is C20H20Cl2N2. The second-order valence-electron chi connectivity index (χ2n) is 6.09. The number of nitrogens with one attached hydrogen (secondary N) is 2. The molecule has 0 aliphatic rings. The molecule has 2 nitrogen and oxygen atoms in total. The van der Waals surface area contributed by atoms with E-state index >= 15 is 0 Å². The number of hydrogen-bond donors (Lipinski definition) is 2. The van der Waals surface area contributed by atoms with Gasteiger partial charge in [0.1, 0.15) is 0 Å². The highest BCUT2D eigenvalue weighted by Gasteiger charge is 2.05. The number of fused-ring (bicyclic) bond motifs is 1. The van der Waals surface area contributed by atoms with Crippen molar-refractivity contribution in [2.24, 2.45) is 0 Å². The predicted octanol–water partition coefficient (Wildman–Crippen LogP) is 6.60. The van der Waals surface area contributed by atoms with Crippen LogP contribution in [0.3, 0.4) is 0 Å². The molecule has 0 atom stereocenters. The zero-order chi connectivity index (χ0) is 17.1. The highest BCUT2D eigenvalue weighted by atomic mass is 35.5. The van der Waals surface area contributed by atoms with Crippen LogP contribution in [0.4, 0.5) is 5.69 Å². The summed E-state index contributed by atoms with van der Waals surface area (Å²) in [5.74, 6) is 0. The van der Waals surface area contributed by atoms with Crippen LogP contribution in [-0.4, -0.2) is 4.98 Å². The van der Waals surface area contributed by atoms with Crippen LogP contribution in [0, 0.1) is 0 Å². The third-order valence-corrected chi connectivity index (χ3v) is 4.75. The topological polar surface area (TPSA) is 27.8 Å². The molecule has 124 valence electrons. The van der Waals surface area contributed by atoms with Crippen molar-refractivity contribution in [3.05, 3.63) is 76.0 Å². The molecule has 2 N–H and O–H groups in total. The number of aromatic amines is 1. The molecule has 2 aromatic carbocycles. The minimum absolute atomic E-state index is 0.607. The first-order chi connectivity index (χ1) is 11.5. The molecule has 24 heavy (non-hydrogen) atoms. The van der Waals surface area contributed by atoms with Crippen molar-refractivity contribution in [2.75, 3.05) is 5.32 Å². The van der Waals surface area contributed by atoms with Crippen molar-refractivity contribution in [1.29, 1.82) is 0 Å². The van der Waals surface area contributed by atoms with Crippen LogP contribution in [-0.2, 0) is 12.8 Å². The maximum Gasteiger partial charge on any atom is 0.0639 e. The van der Waals surface area contributed by atoms with E-state index in [1.807, 2.05) is 31.3 Å². The van der Waals surface area contributed by atoms with E-state index in [0.29, 0.717) is 10.0 Å². The fourth-order valence-corrected chi connectivity index (χ4v) is 3.17. The number of anilines is 1. The Bertz CT molecular complexity index is 880. The lowest BCUT2D eigenvalue weighted by Gasteiger charge is -2.06. The van der Waals surface area contributed by atoms with Gasteiger partial charge in [-0.3, -0.25) is 0 Å². The smallest absolute Gasteiger partial charge is 0.0639 e. The molecule has 0 aliphatic carbocycles. The van der Waals surface area contributed by atoms with Gasteiger partial charge in [-0.15, -0.1) is 0 Å². The summed E-state index contributed by atoms with van der Waals surface area (Å²) < 4.78 is 0. The second-order valence-corrected chi connectivity index (χ2v) is 6.90. The molecule has 0 saturated heterocycles. The molecule has 0 fully saturated rings. The summed E-state index contributed by atoms with van der Waals surface area (Å²) in [5.41, 5.74) is 5.68. The molecule has 0 radical (unpaired) electrons. The van der Waals surface area contributed by atoms with Crippen LogP contribution < -0.4 is 5.32 Å². The third-order valence-electron chi connectivity index (χ3n) is 4.01. The number of allylic oxidation sites excluding steroid dienone is 1. The number of hydrogen-bond acceptors (Lipinski definition) is 1. The summed E-state index contributed by atoms with van der Waals surface area (Å²) in [7, 11) is 0. The molecule has 4 heteroatoms. The van der Waals surface area contributed by atoms with E-state index in [2.05, 4.69) is 35.1 Å². The van der Waals surface area contributed by atoms with Gasteiger partial charge < -0.3 is 10.3 Å².